The molecule has 0 saturated heterocycles. The molecular formula is C13H16BrN5O. The van der Waals surface area contributed by atoms with Gasteiger partial charge in [0.15, 0.2) is 0 Å². The molecule has 0 fully saturated rings. The maximum absolute atomic E-state index is 11.7. The summed E-state index contributed by atoms with van der Waals surface area (Å²) < 4.78 is 1.59. The number of aromatic nitrogens is 4. The van der Waals surface area contributed by atoms with E-state index in [1.807, 2.05) is 25.1 Å². The SMILES string of the molecule is Cc1cc(NC(=O)CCCCBr)ccc1-n1cnnn1. The van der Waals surface area contributed by atoms with Gasteiger partial charge in [-0.15, -0.1) is 5.10 Å². The van der Waals surface area contributed by atoms with E-state index in [1.54, 1.807) is 11.0 Å². The molecule has 0 radical (unpaired) electrons. The molecule has 0 atom stereocenters. The number of hydrogen-bond donors (Lipinski definition) is 1. The molecule has 6 nitrogen and oxygen atoms in total. The first kappa shape index (κ1) is 14.6. The smallest absolute Gasteiger partial charge is 0.224 e. The second kappa shape index (κ2) is 7.14. The summed E-state index contributed by atoms with van der Waals surface area (Å²) in [5, 5.41) is 14.9. The third-order valence-electron chi connectivity index (χ3n) is 2.86. The average Bonchev–Trinajstić information content (AvgIpc) is 2.93. The van der Waals surface area contributed by atoms with Crippen molar-refractivity contribution >= 4 is 27.5 Å². The third kappa shape index (κ3) is 3.86. The number of nitrogens with zero attached hydrogens (tertiary/aromatic N) is 4. The summed E-state index contributed by atoms with van der Waals surface area (Å²) in [7, 11) is 0. The first-order valence-corrected chi connectivity index (χ1v) is 7.52. The molecule has 106 valence electrons. The van der Waals surface area contributed by atoms with Gasteiger partial charge in [0, 0.05) is 17.4 Å². The van der Waals surface area contributed by atoms with E-state index < -0.39 is 0 Å². The van der Waals surface area contributed by atoms with E-state index in [1.165, 1.54) is 0 Å². The largest absolute Gasteiger partial charge is 0.326 e. The zero-order valence-electron chi connectivity index (χ0n) is 11.2. The topological polar surface area (TPSA) is 72.7 Å². The van der Waals surface area contributed by atoms with Crippen molar-refractivity contribution in [2.24, 2.45) is 0 Å². The standard InChI is InChI=1S/C13H16BrN5O/c1-10-8-11(16-13(20)4-2-3-7-14)5-6-12(10)19-9-15-17-18-19/h5-6,8-9H,2-4,7H2,1H3,(H,16,20). The lowest BCUT2D eigenvalue weighted by Gasteiger charge is -2.09. The molecule has 1 heterocycles. The van der Waals surface area contributed by atoms with Gasteiger partial charge in [0.05, 0.1) is 5.69 Å². The second-order valence-electron chi connectivity index (χ2n) is 4.45. The normalized spacial score (nSPS) is 10.5. The molecule has 2 rings (SSSR count). The summed E-state index contributed by atoms with van der Waals surface area (Å²) in [4.78, 5) is 11.7. The summed E-state index contributed by atoms with van der Waals surface area (Å²) in [6.45, 7) is 1.96. The Morgan fingerprint density at radius 2 is 2.25 bits per heavy atom. The molecule has 0 aliphatic heterocycles. The van der Waals surface area contributed by atoms with Gasteiger partial charge >= 0.3 is 0 Å². The van der Waals surface area contributed by atoms with Crippen molar-refractivity contribution < 1.29 is 4.79 Å². The number of hydrogen-bond acceptors (Lipinski definition) is 4. The van der Waals surface area contributed by atoms with E-state index in [-0.39, 0.29) is 5.91 Å². The highest BCUT2D eigenvalue weighted by Crippen LogP contribution is 2.18. The molecule has 0 saturated carbocycles. The minimum Gasteiger partial charge on any atom is -0.326 e. The van der Waals surface area contributed by atoms with Gasteiger partial charge in [0.25, 0.3) is 0 Å². The van der Waals surface area contributed by atoms with Crippen molar-refractivity contribution in [3.05, 3.63) is 30.1 Å². The van der Waals surface area contributed by atoms with Crippen molar-refractivity contribution in [1.29, 1.82) is 0 Å². The number of amides is 1. The number of alkyl halides is 1. The summed E-state index contributed by atoms with van der Waals surface area (Å²) in [5.41, 5.74) is 2.69. The highest BCUT2D eigenvalue weighted by atomic mass is 79.9. The first-order chi connectivity index (χ1) is 9.70. The fourth-order valence-electron chi connectivity index (χ4n) is 1.87. The fourth-order valence-corrected chi connectivity index (χ4v) is 2.26. The average molecular weight is 338 g/mol. The Labute approximate surface area is 125 Å². The lowest BCUT2D eigenvalue weighted by atomic mass is 10.1. The van der Waals surface area contributed by atoms with Gasteiger partial charge in [0.2, 0.25) is 5.91 Å². The van der Waals surface area contributed by atoms with Gasteiger partial charge in [-0.1, -0.05) is 15.9 Å². The number of benzene rings is 1. The summed E-state index contributed by atoms with van der Waals surface area (Å²) in [5.74, 6) is 0.0422. The number of unbranched alkanes of at least 4 members (excludes halogenated alkanes) is 1. The lowest BCUT2D eigenvalue weighted by molar-refractivity contribution is -0.116. The molecule has 2 aromatic rings. The number of tetrazole rings is 1. The Kier molecular flexibility index (Phi) is 5.23. The summed E-state index contributed by atoms with van der Waals surface area (Å²) >= 11 is 3.35. The molecule has 1 amide bonds. The molecular weight excluding hydrogens is 322 g/mol. The Morgan fingerprint density at radius 3 is 2.90 bits per heavy atom. The second-order valence-corrected chi connectivity index (χ2v) is 5.24. The van der Waals surface area contributed by atoms with Crippen molar-refractivity contribution in [3.63, 3.8) is 0 Å². The number of anilines is 1. The van der Waals surface area contributed by atoms with Crippen LogP contribution in [-0.4, -0.2) is 31.4 Å². The number of carbonyl (C=O) groups excluding carboxylic acids is 1. The van der Waals surface area contributed by atoms with E-state index >= 15 is 0 Å². The highest BCUT2D eigenvalue weighted by Gasteiger charge is 2.06. The van der Waals surface area contributed by atoms with Crippen LogP contribution in [0.3, 0.4) is 0 Å². The van der Waals surface area contributed by atoms with Crippen LogP contribution in [0.5, 0.6) is 0 Å². The molecule has 20 heavy (non-hydrogen) atoms. The zero-order chi connectivity index (χ0) is 14.4. The molecule has 1 aromatic carbocycles. The van der Waals surface area contributed by atoms with Crippen LogP contribution in [0.1, 0.15) is 24.8 Å². The molecule has 0 bridgehead atoms. The Morgan fingerprint density at radius 1 is 1.40 bits per heavy atom. The maximum atomic E-state index is 11.7. The number of aryl methyl sites for hydroxylation is 1. The number of halogens is 1. The quantitative estimate of drug-likeness (QED) is 0.649. The van der Waals surface area contributed by atoms with Crippen molar-refractivity contribution in [3.8, 4) is 5.69 Å². The van der Waals surface area contributed by atoms with Gasteiger partial charge < -0.3 is 5.32 Å². The van der Waals surface area contributed by atoms with Crippen LogP contribution in [0, 0.1) is 6.92 Å². The van der Waals surface area contributed by atoms with Gasteiger partial charge in [-0.25, -0.2) is 4.68 Å². The highest BCUT2D eigenvalue weighted by molar-refractivity contribution is 9.09. The zero-order valence-corrected chi connectivity index (χ0v) is 12.8. The minimum absolute atomic E-state index is 0.0422. The monoisotopic (exact) mass is 337 g/mol. The molecule has 7 heteroatoms. The van der Waals surface area contributed by atoms with Crippen LogP contribution >= 0.6 is 15.9 Å². The van der Waals surface area contributed by atoms with E-state index in [4.69, 9.17) is 0 Å². The van der Waals surface area contributed by atoms with E-state index in [0.29, 0.717) is 6.42 Å². The van der Waals surface area contributed by atoms with Crippen LogP contribution in [0.4, 0.5) is 5.69 Å². The van der Waals surface area contributed by atoms with Crippen LogP contribution < -0.4 is 5.32 Å². The van der Waals surface area contributed by atoms with E-state index in [9.17, 15) is 4.79 Å². The third-order valence-corrected chi connectivity index (χ3v) is 3.42. The molecule has 0 spiro atoms. The molecule has 1 N–H and O–H groups in total. The van der Waals surface area contributed by atoms with Crippen LogP contribution in [0.15, 0.2) is 24.5 Å². The van der Waals surface area contributed by atoms with Gasteiger partial charge in [-0.2, -0.15) is 0 Å². The van der Waals surface area contributed by atoms with Crippen molar-refractivity contribution in [1.82, 2.24) is 20.2 Å². The van der Waals surface area contributed by atoms with Gasteiger partial charge in [-0.05, 0) is 54.0 Å². The predicted octanol–water partition coefficient (Wildman–Crippen LogP) is 2.47. The molecule has 0 aliphatic carbocycles. The predicted molar refractivity (Wildman–Crippen MR) is 80.2 cm³/mol. The van der Waals surface area contributed by atoms with Crippen LogP contribution in [0.25, 0.3) is 5.69 Å². The van der Waals surface area contributed by atoms with Crippen molar-refractivity contribution in [2.45, 2.75) is 26.2 Å². The van der Waals surface area contributed by atoms with Crippen LogP contribution in [-0.2, 0) is 4.79 Å². The summed E-state index contributed by atoms with van der Waals surface area (Å²) in [6.07, 6.45) is 3.98. The maximum Gasteiger partial charge on any atom is 0.224 e. The molecule has 0 unspecified atom stereocenters. The first-order valence-electron chi connectivity index (χ1n) is 6.40. The minimum atomic E-state index is 0.0422. The molecule has 0 aliphatic rings. The number of carbonyl (C=O) groups is 1. The van der Waals surface area contributed by atoms with Gasteiger partial charge in [0.1, 0.15) is 6.33 Å². The fraction of sp³-hybridized carbons (Fsp3) is 0.385. The lowest BCUT2D eigenvalue weighted by Crippen LogP contribution is -2.11. The Balaban J connectivity index is 2.00. The van der Waals surface area contributed by atoms with Crippen LogP contribution in [0.2, 0.25) is 0 Å². The number of rotatable bonds is 6. The van der Waals surface area contributed by atoms with Gasteiger partial charge in [-0.3, -0.25) is 4.79 Å². The van der Waals surface area contributed by atoms with Crippen molar-refractivity contribution in [2.75, 3.05) is 10.6 Å². The Hall–Kier alpha value is -1.76. The summed E-state index contributed by atoms with van der Waals surface area (Å²) in [6, 6.07) is 5.66. The molecule has 1 aromatic heterocycles. The van der Waals surface area contributed by atoms with E-state index in [0.717, 1.165) is 35.1 Å². The van der Waals surface area contributed by atoms with E-state index in [2.05, 4.69) is 36.8 Å². The Bertz CT molecular complexity index is 570. The number of nitrogens with one attached hydrogen (secondary N) is 1.